The highest BCUT2D eigenvalue weighted by Crippen LogP contribution is 2.67. The number of aryl methyl sites for hydroxylation is 1. The lowest BCUT2D eigenvalue weighted by Crippen LogP contribution is -2.53. The zero-order chi connectivity index (χ0) is 22.6. The number of aliphatic hydroxyl groups excluding tert-OH is 1. The maximum absolute atomic E-state index is 11.7. The topological polar surface area (TPSA) is 40.5 Å². The fourth-order valence-electron chi connectivity index (χ4n) is 9.13. The van der Waals surface area contributed by atoms with Gasteiger partial charge in [0.05, 0.1) is 11.7 Å². The zero-order valence-corrected chi connectivity index (χ0v) is 20.5. The molecule has 176 valence electrons. The standard InChI is InChI=1S/C30H44O2/c1-28-18-15-23(31)20-22(28)11-12-24-25-13-14-27(29(25,2)19-16-26(24)28)30(3,32)17-7-10-21-8-5-4-6-9-21/h4-6,8-9,11,23-27,31-32H,7,10,12-20H2,1-3H3/t23-,24?,25?,26?,27?,28-,29-,30-/m0/s1. The fourth-order valence-corrected chi connectivity index (χ4v) is 9.13. The van der Waals surface area contributed by atoms with Gasteiger partial charge in [-0.1, -0.05) is 55.8 Å². The Balaban J connectivity index is 1.30. The molecular formula is C30H44O2. The molecule has 4 unspecified atom stereocenters. The first-order chi connectivity index (χ1) is 15.2. The molecule has 4 aliphatic carbocycles. The fraction of sp³-hybridized carbons (Fsp3) is 0.733. The van der Waals surface area contributed by atoms with Gasteiger partial charge in [-0.2, -0.15) is 0 Å². The summed E-state index contributed by atoms with van der Waals surface area (Å²) in [5, 5.41) is 22.0. The highest BCUT2D eigenvalue weighted by atomic mass is 16.3. The van der Waals surface area contributed by atoms with Gasteiger partial charge in [-0.15, -0.1) is 0 Å². The number of benzene rings is 1. The van der Waals surface area contributed by atoms with Crippen LogP contribution in [0.2, 0.25) is 0 Å². The van der Waals surface area contributed by atoms with E-state index in [1.807, 2.05) is 0 Å². The normalized spacial score (nSPS) is 42.9. The smallest absolute Gasteiger partial charge is 0.0653 e. The van der Waals surface area contributed by atoms with Crippen molar-refractivity contribution in [3.05, 3.63) is 47.5 Å². The van der Waals surface area contributed by atoms with Crippen LogP contribution in [0.4, 0.5) is 0 Å². The van der Waals surface area contributed by atoms with Gasteiger partial charge >= 0.3 is 0 Å². The summed E-state index contributed by atoms with van der Waals surface area (Å²) >= 11 is 0. The number of aliphatic hydroxyl groups is 2. The summed E-state index contributed by atoms with van der Waals surface area (Å²) in [7, 11) is 0. The molecule has 0 spiro atoms. The Morgan fingerprint density at radius 2 is 1.78 bits per heavy atom. The average molecular weight is 437 g/mol. The van der Waals surface area contributed by atoms with Crippen LogP contribution in [0.5, 0.6) is 0 Å². The molecule has 1 aromatic carbocycles. The van der Waals surface area contributed by atoms with E-state index in [2.05, 4.69) is 57.2 Å². The Bertz CT molecular complexity index is 842. The largest absolute Gasteiger partial charge is 0.393 e. The molecule has 0 radical (unpaired) electrons. The Morgan fingerprint density at radius 1 is 1.00 bits per heavy atom. The molecule has 2 heteroatoms. The summed E-state index contributed by atoms with van der Waals surface area (Å²) in [5.41, 5.74) is 2.95. The van der Waals surface area contributed by atoms with Crippen LogP contribution in [0.25, 0.3) is 0 Å². The van der Waals surface area contributed by atoms with Gasteiger partial charge in [0.2, 0.25) is 0 Å². The first-order valence-corrected chi connectivity index (χ1v) is 13.4. The van der Waals surface area contributed by atoms with Crippen LogP contribution in [-0.2, 0) is 6.42 Å². The van der Waals surface area contributed by atoms with Crippen LogP contribution >= 0.6 is 0 Å². The monoisotopic (exact) mass is 436 g/mol. The van der Waals surface area contributed by atoms with Crippen LogP contribution in [0.3, 0.4) is 0 Å². The van der Waals surface area contributed by atoms with E-state index in [9.17, 15) is 10.2 Å². The van der Waals surface area contributed by atoms with E-state index >= 15 is 0 Å². The van der Waals surface area contributed by atoms with Gasteiger partial charge < -0.3 is 10.2 Å². The Hall–Kier alpha value is -1.12. The summed E-state index contributed by atoms with van der Waals surface area (Å²) in [6.07, 6.45) is 14.7. The van der Waals surface area contributed by atoms with E-state index in [1.165, 1.54) is 37.7 Å². The van der Waals surface area contributed by atoms with E-state index in [0.717, 1.165) is 56.3 Å². The molecule has 0 saturated heterocycles. The molecule has 0 amide bonds. The Labute approximate surface area is 195 Å². The lowest BCUT2D eigenvalue weighted by molar-refractivity contribution is -0.105. The second-order valence-electron chi connectivity index (χ2n) is 12.5. The first kappa shape index (κ1) is 22.7. The number of hydrogen-bond donors (Lipinski definition) is 2. The third-order valence-corrected chi connectivity index (χ3v) is 10.8. The number of hydrogen-bond acceptors (Lipinski definition) is 2. The van der Waals surface area contributed by atoms with Gasteiger partial charge in [-0.05, 0) is 118 Å². The van der Waals surface area contributed by atoms with Gasteiger partial charge in [-0.3, -0.25) is 0 Å². The zero-order valence-electron chi connectivity index (χ0n) is 20.5. The lowest BCUT2D eigenvalue weighted by atomic mass is 9.46. The third kappa shape index (κ3) is 3.70. The van der Waals surface area contributed by atoms with Crippen molar-refractivity contribution in [1.82, 2.24) is 0 Å². The van der Waals surface area contributed by atoms with Gasteiger partial charge in [0.25, 0.3) is 0 Å². The summed E-state index contributed by atoms with van der Waals surface area (Å²) in [6.45, 7) is 7.19. The number of fused-ring (bicyclic) bond motifs is 5. The molecule has 2 N–H and O–H groups in total. The molecule has 0 heterocycles. The van der Waals surface area contributed by atoms with Gasteiger partial charge in [-0.25, -0.2) is 0 Å². The maximum Gasteiger partial charge on any atom is 0.0653 e. The highest BCUT2D eigenvalue weighted by molar-refractivity contribution is 5.25. The highest BCUT2D eigenvalue weighted by Gasteiger charge is 2.61. The van der Waals surface area contributed by atoms with E-state index in [0.29, 0.717) is 11.3 Å². The summed E-state index contributed by atoms with van der Waals surface area (Å²) < 4.78 is 0. The van der Waals surface area contributed by atoms with Crippen LogP contribution in [-0.4, -0.2) is 21.9 Å². The second kappa shape index (κ2) is 8.27. The predicted molar refractivity (Wildman–Crippen MR) is 131 cm³/mol. The molecule has 1 aromatic rings. The third-order valence-electron chi connectivity index (χ3n) is 10.8. The SMILES string of the molecule is C[C@]12CCC3C(CC=C4C[C@@H](O)CC[C@@]43C)C1CCC2[C@@](C)(O)CCCc1ccccc1. The van der Waals surface area contributed by atoms with Crippen LogP contribution < -0.4 is 0 Å². The van der Waals surface area contributed by atoms with Crippen molar-refractivity contribution in [2.45, 2.75) is 103 Å². The lowest BCUT2D eigenvalue weighted by Gasteiger charge is -2.59. The minimum Gasteiger partial charge on any atom is -0.393 e. The molecule has 32 heavy (non-hydrogen) atoms. The molecule has 0 aromatic heterocycles. The first-order valence-electron chi connectivity index (χ1n) is 13.4. The predicted octanol–water partition coefficient (Wildman–Crippen LogP) is 6.70. The van der Waals surface area contributed by atoms with Crippen LogP contribution in [0.15, 0.2) is 42.0 Å². The number of rotatable bonds is 5. The van der Waals surface area contributed by atoms with Crippen LogP contribution in [0.1, 0.15) is 90.5 Å². The molecule has 0 aliphatic heterocycles. The van der Waals surface area contributed by atoms with E-state index in [-0.39, 0.29) is 11.5 Å². The van der Waals surface area contributed by atoms with E-state index in [1.54, 1.807) is 5.57 Å². The average Bonchev–Trinajstić information content (AvgIpc) is 3.13. The van der Waals surface area contributed by atoms with E-state index < -0.39 is 5.60 Å². The van der Waals surface area contributed by atoms with Crippen molar-refractivity contribution in [1.29, 1.82) is 0 Å². The van der Waals surface area contributed by atoms with E-state index in [4.69, 9.17) is 0 Å². The van der Waals surface area contributed by atoms with Crippen molar-refractivity contribution in [2.24, 2.45) is 34.5 Å². The van der Waals surface area contributed by atoms with Crippen molar-refractivity contribution in [3.8, 4) is 0 Å². The quantitative estimate of drug-likeness (QED) is 0.504. The molecule has 3 fully saturated rings. The van der Waals surface area contributed by atoms with Crippen molar-refractivity contribution in [3.63, 3.8) is 0 Å². The van der Waals surface area contributed by atoms with Crippen LogP contribution in [0, 0.1) is 34.5 Å². The van der Waals surface area contributed by atoms with Gasteiger partial charge in [0, 0.05) is 0 Å². The van der Waals surface area contributed by atoms with Crippen molar-refractivity contribution in [2.75, 3.05) is 0 Å². The molecular weight excluding hydrogens is 392 g/mol. The Morgan fingerprint density at radius 3 is 2.56 bits per heavy atom. The van der Waals surface area contributed by atoms with Gasteiger partial charge in [0.15, 0.2) is 0 Å². The van der Waals surface area contributed by atoms with Crippen molar-refractivity contribution >= 4 is 0 Å². The minimum absolute atomic E-state index is 0.124. The van der Waals surface area contributed by atoms with Gasteiger partial charge in [0.1, 0.15) is 0 Å². The summed E-state index contributed by atoms with van der Waals surface area (Å²) in [5.74, 6) is 2.70. The molecule has 2 nitrogen and oxygen atoms in total. The molecule has 3 saturated carbocycles. The minimum atomic E-state index is -0.570. The summed E-state index contributed by atoms with van der Waals surface area (Å²) in [4.78, 5) is 0. The second-order valence-corrected chi connectivity index (χ2v) is 12.5. The maximum atomic E-state index is 11.7. The molecule has 0 bridgehead atoms. The number of allylic oxidation sites excluding steroid dienone is 1. The van der Waals surface area contributed by atoms with Crippen molar-refractivity contribution < 1.29 is 10.2 Å². The molecule has 4 aliphatic rings. The Kier molecular flexibility index (Phi) is 5.86. The molecule has 8 atom stereocenters. The molecule has 5 rings (SSSR count). The summed E-state index contributed by atoms with van der Waals surface area (Å²) in [6, 6.07) is 10.7.